The lowest BCUT2D eigenvalue weighted by Crippen LogP contribution is -2.27. The van der Waals surface area contributed by atoms with Gasteiger partial charge in [-0.05, 0) is 12.1 Å². The second-order valence-electron chi connectivity index (χ2n) is 3.31. The molecule has 0 aliphatic rings. The molecule has 1 atom stereocenters. The summed E-state index contributed by atoms with van der Waals surface area (Å²) in [6, 6.07) is 3.44. The summed E-state index contributed by atoms with van der Waals surface area (Å²) in [6.07, 6.45) is 0. The van der Waals surface area contributed by atoms with Gasteiger partial charge in [0.05, 0.1) is 9.75 Å². The smallest absolute Gasteiger partial charge is 0.261 e. The van der Waals surface area contributed by atoms with E-state index in [0.717, 1.165) is 4.88 Å². The van der Waals surface area contributed by atoms with Crippen molar-refractivity contribution >= 4 is 28.0 Å². The molecule has 0 aromatic carbocycles. The van der Waals surface area contributed by atoms with Gasteiger partial charge in [-0.2, -0.15) is 0 Å². The van der Waals surface area contributed by atoms with E-state index < -0.39 is 10.8 Å². The lowest BCUT2D eigenvalue weighted by Gasteiger charge is -2.02. The number of hydrogen-bond donors (Lipinski definition) is 2. The summed E-state index contributed by atoms with van der Waals surface area (Å²) in [5.74, 6) is 6.18. The molecule has 0 bridgehead atoms. The molecule has 1 unspecified atom stereocenters. The summed E-state index contributed by atoms with van der Waals surface area (Å²) in [7, 11) is -0.860. The highest BCUT2D eigenvalue weighted by Gasteiger charge is 2.08. The van der Waals surface area contributed by atoms with E-state index in [4.69, 9.17) is 5.11 Å². The molecule has 1 aromatic heterocycles. The van der Waals surface area contributed by atoms with Crippen LogP contribution in [-0.2, 0) is 10.8 Å². The van der Waals surface area contributed by atoms with E-state index in [-0.39, 0.29) is 12.5 Å². The van der Waals surface area contributed by atoms with E-state index in [1.165, 1.54) is 11.3 Å². The Morgan fingerprint density at radius 2 is 2.33 bits per heavy atom. The standard InChI is InChI=1S/C12H15NO3S2/c1-2-18(16)9-7-13-12(15)11-6-5-10(17-11)4-3-8-14/h5-6,14H,2,7-9H2,1H3,(H,13,15). The van der Waals surface area contributed by atoms with Crippen LogP contribution in [0.3, 0.4) is 0 Å². The van der Waals surface area contributed by atoms with Crippen molar-refractivity contribution in [3.05, 3.63) is 21.9 Å². The summed E-state index contributed by atoms with van der Waals surface area (Å²) in [6.45, 7) is 2.07. The molecule has 0 saturated carbocycles. The Labute approximate surface area is 113 Å². The highest BCUT2D eigenvalue weighted by atomic mass is 32.2. The highest BCUT2D eigenvalue weighted by Crippen LogP contribution is 2.14. The average Bonchev–Trinajstić information content (AvgIpc) is 2.84. The van der Waals surface area contributed by atoms with Gasteiger partial charge < -0.3 is 10.4 Å². The molecule has 0 radical (unpaired) electrons. The van der Waals surface area contributed by atoms with Crippen LogP contribution in [0.25, 0.3) is 0 Å². The number of carbonyl (C=O) groups excluding carboxylic acids is 1. The first-order chi connectivity index (χ1) is 8.67. The van der Waals surface area contributed by atoms with Crippen molar-refractivity contribution in [3.8, 4) is 11.8 Å². The maximum atomic E-state index is 11.7. The van der Waals surface area contributed by atoms with Gasteiger partial charge in [0, 0.05) is 28.9 Å². The van der Waals surface area contributed by atoms with Gasteiger partial charge in [-0.1, -0.05) is 18.8 Å². The molecular formula is C12H15NO3S2. The van der Waals surface area contributed by atoms with Crippen molar-refractivity contribution in [3.63, 3.8) is 0 Å². The quantitative estimate of drug-likeness (QED) is 0.778. The van der Waals surface area contributed by atoms with Gasteiger partial charge in [0.25, 0.3) is 5.91 Å². The Morgan fingerprint density at radius 1 is 1.56 bits per heavy atom. The van der Waals surface area contributed by atoms with Gasteiger partial charge in [-0.25, -0.2) is 0 Å². The first-order valence-electron chi connectivity index (χ1n) is 5.50. The third-order valence-electron chi connectivity index (χ3n) is 2.06. The van der Waals surface area contributed by atoms with Crippen LogP contribution >= 0.6 is 11.3 Å². The summed E-state index contributed by atoms with van der Waals surface area (Å²) in [5.41, 5.74) is 0. The number of aliphatic hydroxyl groups is 1. The van der Waals surface area contributed by atoms with Crippen LogP contribution in [0, 0.1) is 11.8 Å². The summed E-state index contributed by atoms with van der Waals surface area (Å²) in [5, 5.41) is 11.3. The first-order valence-corrected chi connectivity index (χ1v) is 7.80. The largest absolute Gasteiger partial charge is 0.384 e. The fraction of sp³-hybridized carbons (Fsp3) is 0.417. The summed E-state index contributed by atoms with van der Waals surface area (Å²) in [4.78, 5) is 13.0. The Hall–Kier alpha value is -1.16. The van der Waals surface area contributed by atoms with E-state index in [1.807, 2.05) is 6.92 Å². The van der Waals surface area contributed by atoms with Crippen LogP contribution in [0.15, 0.2) is 12.1 Å². The topological polar surface area (TPSA) is 66.4 Å². The van der Waals surface area contributed by atoms with Crippen molar-refractivity contribution in [2.45, 2.75) is 6.92 Å². The monoisotopic (exact) mass is 285 g/mol. The minimum atomic E-state index is -0.860. The summed E-state index contributed by atoms with van der Waals surface area (Å²) < 4.78 is 11.2. The maximum Gasteiger partial charge on any atom is 0.261 e. The van der Waals surface area contributed by atoms with Crippen molar-refractivity contribution in [2.75, 3.05) is 24.7 Å². The molecule has 4 nitrogen and oxygen atoms in total. The maximum absolute atomic E-state index is 11.7. The Kier molecular flexibility index (Phi) is 6.65. The van der Waals surface area contributed by atoms with Crippen molar-refractivity contribution in [1.29, 1.82) is 0 Å². The zero-order valence-corrected chi connectivity index (χ0v) is 11.7. The molecule has 18 heavy (non-hydrogen) atoms. The van der Waals surface area contributed by atoms with Crippen LogP contribution < -0.4 is 5.32 Å². The number of nitrogens with one attached hydrogen (secondary N) is 1. The van der Waals surface area contributed by atoms with Crippen LogP contribution in [-0.4, -0.2) is 39.9 Å². The van der Waals surface area contributed by atoms with Crippen LogP contribution in [0.5, 0.6) is 0 Å². The van der Waals surface area contributed by atoms with Gasteiger partial charge in [0.15, 0.2) is 0 Å². The molecule has 1 heterocycles. The van der Waals surface area contributed by atoms with Crippen molar-refractivity contribution < 1.29 is 14.1 Å². The van der Waals surface area contributed by atoms with E-state index >= 15 is 0 Å². The third kappa shape index (κ3) is 5.00. The molecule has 2 N–H and O–H groups in total. The fourth-order valence-corrected chi connectivity index (χ4v) is 2.58. The molecule has 98 valence electrons. The Balaban J connectivity index is 2.47. The number of amides is 1. The number of thiophene rings is 1. The second kappa shape index (κ2) is 8.03. The molecule has 1 aromatic rings. The second-order valence-corrected chi connectivity index (χ2v) is 6.26. The van der Waals surface area contributed by atoms with E-state index in [2.05, 4.69) is 17.2 Å². The van der Waals surface area contributed by atoms with Gasteiger partial charge in [-0.3, -0.25) is 9.00 Å². The Morgan fingerprint density at radius 3 is 3.00 bits per heavy atom. The van der Waals surface area contributed by atoms with E-state index in [0.29, 0.717) is 22.9 Å². The molecule has 0 spiro atoms. The molecule has 0 saturated heterocycles. The first kappa shape index (κ1) is 14.9. The zero-order valence-electron chi connectivity index (χ0n) is 10.1. The van der Waals surface area contributed by atoms with Crippen LogP contribution in [0.4, 0.5) is 0 Å². The lowest BCUT2D eigenvalue weighted by molar-refractivity contribution is 0.0960. The van der Waals surface area contributed by atoms with E-state index in [1.54, 1.807) is 12.1 Å². The van der Waals surface area contributed by atoms with Gasteiger partial charge in [0.1, 0.15) is 6.61 Å². The number of aliphatic hydroxyl groups excluding tert-OH is 1. The molecule has 0 fully saturated rings. The highest BCUT2D eigenvalue weighted by molar-refractivity contribution is 7.84. The molecule has 1 rings (SSSR count). The SMILES string of the molecule is CCS(=O)CCNC(=O)c1ccc(C#CCO)s1. The minimum absolute atomic E-state index is 0.176. The Bertz CT molecular complexity index is 485. The van der Waals surface area contributed by atoms with Crippen molar-refractivity contribution in [2.24, 2.45) is 0 Å². The van der Waals surface area contributed by atoms with Crippen molar-refractivity contribution in [1.82, 2.24) is 5.32 Å². The van der Waals surface area contributed by atoms with Crippen LogP contribution in [0.1, 0.15) is 21.5 Å². The molecule has 0 aliphatic carbocycles. The summed E-state index contributed by atoms with van der Waals surface area (Å²) >= 11 is 1.27. The molecular weight excluding hydrogens is 270 g/mol. The van der Waals surface area contributed by atoms with E-state index in [9.17, 15) is 9.00 Å². The zero-order chi connectivity index (χ0) is 13.4. The predicted octanol–water partition coefficient (Wildman–Crippen LogP) is 0.590. The normalized spacial score (nSPS) is 11.4. The molecule has 6 heteroatoms. The number of rotatable bonds is 5. The predicted molar refractivity (Wildman–Crippen MR) is 74.2 cm³/mol. The molecule has 0 aliphatic heterocycles. The third-order valence-corrected chi connectivity index (χ3v) is 4.36. The average molecular weight is 285 g/mol. The van der Waals surface area contributed by atoms with Crippen LogP contribution in [0.2, 0.25) is 0 Å². The van der Waals surface area contributed by atoms with Gasteiger partial charge >= 0.3 is 0 Å². The number of carbonyl (C=O) groups is 1. The lowest BCUT2D eigenvalue weighted by atomic mass is 10.4. The van der Waals surface area contributed by atoms with Gasteiger partial charge in [-0.15, -0.1) is 11.3 Å². The van der Waals surface area contributed by atoms with Gasteiger partial charge in [0.2, 0.25) is 0 Å². The number of hydrogen-bond acceptors (Lipinski definition) is 4. The molecule has 1 amide bonds. The fourth-order valence-electron chi connectivity index (χ4n) is 1.16. The minimum Gasteiger partial charge on any atom is -0.384 e.